The van der Waals surface area contributed by atoms with Gasteiger partial charge in [-0.3, -0.25) is 4.79 Å². The maximum Gasteiger partial charge on any atom is 0.199 e. The molecule has 2 rings (SSSR count). The molecule has 1 aromatic heterocycles. The Balaban J connectivity index is 2.56. The average Bonchev–Trinajstić information content (AvgIpc) is 2.31. The van der Waals surface area contributed by atoms with Gasteiger partial charge in [-0.25, -0.2) is 4.98 Å². The minimum Gasteiger partial charge on any atom is -0.291 e. The lowest BCUT2D eigenvalue weighted by molar-refractivity contribution is 0.0994. The van der Waals surface area contributed by atoms with Crippen LogP contribution in [0.4, 0.5) is 0 Å². The molecule has 1 aliphatic carbocycles. The van der Waals surface area contributed by atoms with Crippen molar-refractivity contribution in [3.8, 4) is 0 Å². The van der Waals surface area contributed by atoms with Gasteiger partial charge in [-0.1, -0.05) is 17.7 Å². The third-order valence-electron chi connectivity index (χ3n) is 1.86. The van der Waals surface area contributed by atoms with Crippen LogP contribution in [0, 0.1) is 0 Å². The van der Waals surface area contributed by atoms with E-state index in [0.29, 0.717) is 17.3 Å². The highest BCUT2D eigenvalue weighted by molar-refractivity contribution is 6.35. The summed E-state index contributed by atoms with van der Waals surface area (Å²) in [5, 5.41) is -0.112. The van der Waals surface area contributed by atoms with Crippen molar-refractivity contribution in [2.24, 2.45) is 0 Å². The number of carbonyl (C=O) groups is 1. The van der Waals surface area contributed by atoms with Gasteiger partial charge in [0.1, 0.15) is 16.2 Å². The number of pyridine rings is 1. The van der Waals surface area contributed by atoms with E-state index < -0.39 is 5.38 Å². The van der Waals surface area contributed by atoms with E-state index in [1.807, 2.05) is 0 Å². The first-order valence-electron chi connectivity index (χ1n) is 3.52. The predicted octanol–water partition coefficient (Wildman–Crippen LogP) is 2.08. The Morgan fingerprint density at radius 1 is 1.50 bits per heavy atom. The molecule has 0 fully saturated rings. The van der Waals surface area contributed by atoms with Gasteiger partial charge in [-0.2, -0.15) is 0 Å². The van der Waals surface area contributed by atoms with Crippen molar-refractivity contribution in [2.75, 3.05) is 0 Å². The Hall–Kier alpha value is -0.600. The number of hydrogen-bond donors (Lipinski definition) is 0. The van der Waals surface area contributed by atoms with E-state index >= 15 is 0 Å². The van der Waals surface area contributed by atoms with Crippen molar-refractivity contribution in [2.45, 2.75) is 11.8 Å². The second kappa shape index (κ2) is 2.71. The van der Waals surface area contributed by atoms with E-state index in [1.165, 1.54) is 0 Å². The monoisotopic (exact) mass is 201 g/mol. The SMILES string of the molecule is O=C1c2nc(Cl)ccc2CC1Cl. The Bertz CT molecular complexity index is 351. The summed E-state index contributed by atoms with van der Waals surface area (Å²) in [5.41, 5.74) is 1.33. The number of halogens is 2. The van der Waals surface area contributed by atoms with Crippen molar-refractivity contribution >= 4 is 29.0 Å². The Morgan fingerprint density at radius 2 is 2.25 bits per heavy atom. The molecule has 1 atom stereocenters. The zero-order chi connectivity index (χ0) is 8.72. The zero-order valence-electron chi connectivity index (χ0n) is 6.05. The van der Waals surface area contributed by atoms with Gasteiger partial charge in [-0.15, -0.1) is 11.6 Å². The Kier molecular flexibility index (Phi) is 1.81. The molecule has 4 heteroatoms. The van der Waals surface area contributed by atoms with Crippen LogP contribution in [-0.2, 0) is 6.42 Å². The number of carbonyl (C=O) groups excluding carboxylic acids is 1. The lowest BCUT2D eigenvalue weighted by Crippen LogP contribution is -2.07. The summed E-state index contributed by atoms with van der Waals surface area (Å²) in [7, 11) is 0. The van der Waals surface area contributed by atoms with Crippen LogP contribution in [0.2, 0.25) is 5.15 Å². The standard InChI is InChI=1S/C8H5Cl2NO/c9-5-3-4-1-2-6(10)11-7(4)8(5)12/h1-2,5H,3H2. The van der Waals surface area contributed by atoms with Crippen LogP contribution < -0.4 is 0 Å². The van der Waals surface area contributed by atoms with Crippen LogP contribution in [0.15, 0.2) is 12.1 Å². The van der Waals surface area contributed by atoms with E-state index in [0.717, 1.165) is 5.56 Å². The normalized spacial score (nSPS) is 21.2. The molecular weight excluding hydrogens is 197 g/mol. The number of fused-ring (bicyclic) bond motifs is 1. The van der Waals surface area contributed by atoms with Gasteiger partial charge in [0.2, 0.25) is 0 Å². The lowest BCUT2D eigenvalue weighted by atomic mass is 10.2. The number of alkyl halides is 1. The minimum atomic E-state index is -0.453. The van der Waals surface area contributed by atoms with Crippen molar-refractivity contribution < 1.29 is 4.79 Å². The van der Waals surface area contributed by atoms with Crippen LogP contribution in [0.3, 0.4) is 0 Å². The van der Waals surface area contributed by atoms with Gasteiger partial charge in [-0.05, 0) is 18.1 Å². The molecule has 1 aliphatic rings. The summed E-state index contributed by atoms with van der Waals surface area (Å²) in [5.74, 6) is -0.117. The first-order valence-corrected chi connectivity index (χ1v) is 4.33. The maximum absolute atomic E-state index is 11.3. The first kappa shape index (κ1) is 8.02. The number of aromatic nitrogens is 1. The highest BCUT2D eigenvalue weighted by Gasteiger charge is 2.30. The molecule has 2 nitrogen and oxygen atoms in total. The number of Topliss-reactive ketones (excluding diaryl/α,β-unsaturated/α-hetero) is 1. The van der Waals surface area contributed by atoms with Crippen LogP contribution in [0.25, 0.3) is 0 Å². The predicted molar refractivity (Wildman–Crippen MR) is 46.9 cm³/mol. The van der Waals surface area contributed by atoms with Gasteiger partial charge in [0.15, 0.2) is 5.78 Å². The molecule has 0 amide bonds. The summed E-state index contributed by atoms with van der Waals surface area (Å²) in [6, 6.07) is 3.47. The third-order valence-corrected chi connectivity index (χ3v) is 2.42. The van der Waals surface area contributed by atoms with Crippen molar-refractivity contribution in [3.63, 3.8) is 0 Å². The zero-order valence-corrected chi connectivity index (χ0v) is 7.56. The highest BCUT2D eigenvalue weighted by atomic mass is 35.5. The molecule has 12 heavy (non-hydrogen) atoms. The van der Waals surface area contributed by atoms with E-state index in [4.69, 9.17) is 23.2 Å². The minimum absolute atomic E-state index is 0.117. The van der Waals surface area contributed by atoms with Gasteiger partial charge in [0.25, 0.3) is 0 Å². The fourth-order valence-corrected chi connectivity index (χ4v) is 1.69. The molecule has 0 saturated heterocycles. The molecule has 0 aromatic carbocycles. The highest BCUT2D eigenvalue weighted by Crippen LogP contribution is 2.25. The van der Waals surface area contributed by atoms with E-state index in [2.05, 4.69) is 4.98 Å². The Labute approximate surface area is 79.5 Å². The molecule has 0 N–H and O–H groups in total. The summed E-state index contributed by atoms with van der Waals surface area (Å²) >= 11 is 11.4. The van der Waals surface area contributed by atoms with Gasteiger partial charge >= 0.3 is 0 Å². The summed E-state index contributed by atoms with van der Waals surface area (Å²) in [6.45, 7) is 0. The number of hydrogen-bond acceptors (Lipinski definition) is 2. The summed E-state index contributed by atoms with van der Waals surface area (Å²) in [6.07, 6.45) is 0.569. The maximum atomic E-state index is 11.3. The van der Waals surface area contributed by atoms with Crippen LogP contribution >= 0.6 is 23.2 Å². The molecule has 0 aliphatic heterocycles. The molecule has 1 aromatic rings. The largest absolute Gasteiger partial charge is 0.291 e. The molecule has 1 unspecified atom stereocenters. The number of nitrogens with zero attached hydrogens (tertiary/aromatic N) is 1. The van der Waals surface area contributed by atoms with Crippen LogP contribution in [0.5, 0.6) is 0 Å². The molecule has 62 valence electrons. The van der Waals surface area contributed by atoms with Crippen LogP contribution in [0.1, 0.15) is 16.1 Å². The van der Waals surface area contributed by atoms with E-state index in [9.17, 15) is 4.79 Å². The molecule has 1 heterocycles. The van der Waals surface area contributed by atoms with E-state index in [-0.39, 0.29) is 5.78 Å². The Morgan fingerprint density at radius 3 is 3.00 bits per heavy atom. The van der Waals surface area contributed by atoms with Gasteiger partial charge < -0.3 is 0 Å². The fourth-order valence-electron chi connectivity index (χ4n) is 1.28. The van der Waals surface area contributed by atoms with Gasteiger partial charge in [0.05, 0.1) is 0 Å². The van der Waals surface area contributed by atoms with Crippen molar-refractivity contribution in [1.29, 1.82) is 0 Å². The van der Waals surface area contributed by atoms with E-state index in [1.54, 1.807) is 12.1 Å². The molecule has 0 saturated carbocycles. The average molecular weight is 202 g/mol. The van der Waals surface area contributed by atoms with Crippen LogP contribution in [-0.4, -0.2) is 16.1 Å². The number of ketones is 1. The topological polar surface area (TPSA) is 30.0 Å². The molecule has 0 radical (unpaired) electrons. The van der Waals surface area contributed by atoms with Gasteiger partial charge in [0, 0.05) is 0 Å². The third kappa shape index (κ3) is 1.11. The second-order valence-electron chi connectivity index (χ2n) is 2.68. The van der Waals surface area contributed by atoms with Crippen molar-refractivity contribution in [3.05, 3.63) is 28.5 Å². The summed E-state index contributed by atoms with van der Waals surface area (Å²) < 4.78 is 0. The molecule has 0 spiro atoms. The fraction of sp³-hybridized carbons (Fsp3) is 0.250. The molecule has 0 bridgehead atoms. The van der Waals surface area contributed by atoms with Crippen molar-refractivity contribution in [1.82, 2.24) is 4.98 Å². The smallest absolute Gasteiger partial charge is 0.199 e. The second-order valence-corrected chi connectivity index (χ2v) is 3.59. The lowest BCUT2D eigenvalue weighted by Gasteiger charge is -1.94. The first-order chi connectivity index (χ1) is 5.68. The quantitative estimate of drug-likeness (QED) is 0.476. The molecular formula is C8H5Cl2NO. The summed E-state index contributed by atoms with van der Waals surface area (Å²) in [4.78, 5) is 15.2. The number of rotatable bonds is 0.